The lowest BCUT2D eigenvalue weighted by Crippen LogP contribution is -2.45. The quantitative estimate of drug-likeness (QED) is 0.188. The van der Waals surface area contributed by atoms with Crippen LogP contribution in [0.2, 0.25) is 15.1 Å². The molecule has 214 valence electrons. The average Bonchev–Trinajstić information content (AvgIpc) is 3.70. The van der Waals surface area contributed by atoms with E-state index in [1.807, 2.05) is 6.07 Å². The van der Waals surface area contributed by atoms with Gasteiger partial charge in [-0.1, -0.05) is 57.9 Å². The van der Waals surface area contributed by atoms with Gasteiger partial charge in [-0.05, 0) is 60.9 Å². The number of aromatic nitrogens is 1. The van der Waals surface area contributed by atoms with Gasteiger partial charge >= 0.3 is 5.97 Å². The van der Waals surface area contributed by atoms with Gasteiger partial charge in [0.2, 0.25) is 0 Å². The largest absolute Gasteiger partial charge is 0.489 e. The molecule has 6 rings (SSSR count). The Hall–Kier alpha value is -3.51. The summed E-state index contributed by atoms with van der Waals surface area (Å²) in [6.45, 7) is 2.02. The van der Waals surface area contributed by atoms with Crippen molar-refractivity contribution in [2.45, 2.75) is 38.0 Å². The molecule has 1 saturated carbocycles. The molecule has 0 spiro atoms. The lowest BCUT2D eigenvalue weighted by Gasteiger charge is -2.27. The number of halogens is 3. The van der Waals surface area contributed by atoms with E-state index in [0.29, 0.717) is 68.9 Å². The minimum Gasteiger partial charge on any atom is -0.489 e. The predicted octanol–water partition coefficient (Wildman–Crippen LogP) is 7.34. The van der Waals surface area contributed by atoms with Crippen LogP contribution in [0.5, 0.6) is 5.75 Å². The van der Waals surface area contributed by atoms with Crippen molar-refractivity contribution in [2.24, 2.45) is 0 Å². The van der Waals surface area contributed by atoms with E-state index in [-0.39, 0.29) is 18.2 Å². The predicted molar refractivity (Wildman–Crippen MR) is 161 cm³/mol. The first-order chi connectivity index (χ1) is 20.4. The Morgan fingerprint density at radius 3 is 2.48 bits per heavy atom. The van der Waals surface area contributed by atoms with Crippen molar-refractivity contribution < 1.29 is 23.9 Å². The van der Waals surface area contributed by atoms with Gasteiger partial charge in [-0.15, -0.1) is 0 Å². The standard InChI is InChI=1S/C32H25Cl3N2O5/c33-26-2-1-3-27(34)29(26)30-25(31(42-37-30)21-6-7-21)17-41-24-9-8-20(28(35)13-24)5-4-18-10-19(12-22(11-18)32(38)39)14-36-23-15-40-16-23/h1-3,8-13,21,23,36H,6-7,14-17H2,(H,38,39). The number of benzene rings is 3. The third kappa shape index (κ3) is 6.44. The van der Waals surface area contributed by atoms with Gasteiger partial charge < -0.3 is 24.4 Å². The Kier molecular flexibility index (Phi) is 8.43. The summed E-state index contributed by atoms with van der Waals surface area (Å²) in [7, 11) is 0. The first-order valence-corrected chi connectivity index (χ1v) is 14.5. The molecule has 0 radical (unpaired) electrons. The Morgan fingerprint density at radius 1 is 1.02 bits per heavy atom. The van der Waals surface area contributed by atoms with Gasteiger partial charge in [-0.25, -0.2) is 4.79 Å². The van der Waals surface area contributed by atoms with Crippen LogP contribution in [0, 0.1) is 11.8 Å². The smallest absolute Gasteiger partial charge is 0.335 e. The monoisotopic (exact) mass is 622 g/mol. The van der Waals surface area contributed by atoms with Crippen LogP contribution in [0.4, 0.5) is 0 Å². The highest BCUT2D eigenvalue weighted by Crippen LogP contribution is 2.46. The number of aromatic carboxylic acids is 1. The first kappa shape index (κ1) is 28.6. The second-order valence-corrected chi connectivity index (χ2v) is 11.5. The number of nitrogens with zero attached hydrogens (tertiary/aromatic N) is 1. The van der Waals surface area contributed by atoms with Gasteiger partial charge in [-0.3, -0.25) is 0 Å². The van der Waals surface area contributed by atoms with Crippen molar-refractivity contribution in [1.29, 1.82) is 0 Å². The molecular weight excluding hydrogens is 599 g/mol. The van der Waals surface area contributed by atoms with Crippen molar-refractivity contribution in [3.63, 3.8) is 0 Å². The van der Waals surface area contributed by atoms with Crippen LogP contribution in [0.1, 0.15) is 57.1 Å². The number of carboxylic acid groups (broad SMARTS) is 1. The molecule has 0 bridgehead atoms. The molecule has 1 aromatic heterocycles. The Bertz CT molecular complexity index is 1700. The normalized spacial score (nSPS) is 14.6. The number of carbonyl (C=O) groups is 1. The number of carboxylic acids is 1. The van der Waals surface area contributed by atoms with E-state index in [1.54, 1.807) is 48.5 Å². The zero-order valence-electron chi connectivity index (χ0n) is 22.3. The fourth-order valence-corrected chi connectivity index (χ4v) is 5.43. The molecule has 0 unspecified atom stereocenters. The van der Waals surface area contributed by atoms with Crippen molar-refractivity contribution in [1.82, 2.24) is 10.5 Å². The van der Waals surface area contributed by atoms with Crippen molar-refractivity contribution in [2.75, 3.05) is 13.2 Å². The molecule has 2 aliphatic rings. The minimum absolute atomic E-state index is 0.176. The van der Waals surface area contributed by atoms with Crippen LogP contribution >= 0.6 is 34.8 Å². The molecule has 42 heavy (non-hydrogen) atoms. The highest BCUT2D eigenvalue weighted by molar-refractivity contribution is 6.39. The molecule has 3 aromatic carbocycles. The second kappa shape index (κ2) is 12.4. The number of nitrogens with one attached hydrogen (secondary N) is 1. The van der Waals surface area contributed by atoms with Crippen LogP contribution < -0.4 is 10.1 Å². The summed E-state index contributed by atoms with van der Waals surface area (Å²) in [6.07, 6.45) is 2.06. The number of rotatable bonds is 9. The van der Waals surface area contributed by atoms with E-state index in [0.717, 1.165) is 29.7 Å². The maximum Gasteiger partial charge on any atom is 0.335 e. The van der Waals surface area contributed by atoms with Crippen LogP contribution in [0.15, 0.2) is 59.1 Å². The van der Waals surface area contributed by atoms with E-state index in [4.69, 9.17) is 48.8 Å². The summed E-state index contributed by atoms with van der Waals surface area (Å²) < 4.78 is 17.0. The summed E-state index contributed by atoms with van der Waals surface area (Å²) in [6, 6.07) is 15.9. The van der Waals surface area contributed by atoms with Gasteiger partial charge in [0.25, 0.3) is 0 Å². The summed E-state index contributed by atoms with van der Waals surface area (Å²) in [4.78, 5) is 11.7. The Morgan fingerprint density at radius 2 is 1.81 bits per heavy atom. The molecule has 2 heterocycles. The summed E-state index contributed by atoms with van der Waals surface area (Å²) >= 11 is 19.5. The van der Waals surface area contributed by atoms with Gasteiger partial charge in [0, 0.05) is 35.2 Å². The van der Waals surface area contributed by atoms with Crippen LogP contribution in [0.3, 0.4) is 0 Å². The number of ether oxygens (including phenoxy) is 2. The second-order valence-electron chi connectivity index (χ2n) is 10.3. The van der Waals surface area contributed by atoms with E-state index in [9.17, 15) is 9.90 Å². The van der Waals surface area contributed by atoms with E-state index < -0.39 is 5.97 Å². The van der Waals surface area contributed by atoms with E-state index in [1.165, 1.54) is 0 Å². The lowest BCUT2D eigenvalue weighted by atomic mass is 10.0. The highest BCUT2D eigenvalue weighted by atomic mass is 35.5. The van der Waals surface area contributed by atoms with E-state index >= 15 is 0 Å². The van der Waals surface area contributed by atoms with Gasteiger partial charge in [0.05, 0.1) is 45.5 Å². The van der Waals surface area contributed by atoms with Crippen LogP contribution in [-0.2, 0) is 17.9 Å². The van der Waals surface area contributed by atoms with Crippen LogP contribution in [0.25, 0.3) is 11.3 Å². The van der Waals surface area contributed by atoms with Crippen molar-refractivity contribution >= 4 is 40.8 Å². The average molecular weight is 624 g/mol. The lowest BCUT2D eigenvalue weighted by molar-refractivity contribution is -0.00578. The van der Waals surface area contributed by atoms with Gasteiger partial charge in [-0.2, -0.15) is 0 Å². The number of hydrogen-bond donors (Lipinski definition) is 2. The molecule has 1 saturated heterocycles. The molecule has 0 atom stereocenters. The molecule has 1 aliphatic carbocycles. The molecule has 0 amide bonds. The zero-order chi connectivity index (χ0) is 29.2. The van der Waals surface area contributed by atoms with Crippen molar-refractivity contribution in [3.8, 4) is 28.8 Å². The molecule has 7 nitrogen and oxygen atoms in total. The maximum atomic E-state index is 11.7. The molecular formula is C32H25Cl3N2O5. The van der Waals surface area contributed by atoms with Gasteiger partial charge in [0.1, 0.15) is 23.8 Å². The highest BCUT2D eigenvalue weighted by Gasteiger charge is 2.33. The minimum atomic E-state index is -1.01. The Labute approximate surface area is 257 Å². The van der Waals surface area contributed by atoms with Gasteiger partial charge in [0.15, 0.2) is 0 Å². The fraction of sp³-hybridized carbons (Fsp3) is 0.250. The first-order valence-electron chi connectivity index (χ1n) is 13.4. The molecule has 2 fully saturated rings. The molecule has 1 aliphatic heterocycles. The third-order valence-electron chi connectivity index (χ3n) is 7.10. The maximum absolute atomic E-state index is 11.7. The summed E-state index contributed by atoms with van der Waals surface area (Å²) in [5.74, 6) is 6.73. The topological polar surface area (TPSA) is 93.8 Å². The van der Waals surface area contributed by atoms with Crippen LogP contribution in [-0.4, -0.2) is 35.5 Å². The van der Waals surface area contributed by atoms with E-state index in [2.05, 4.69) is 22.3 Å². The third-order valence-corrected chi connectivity index (χ3v) is 8.05. The zero-order valence-corrected chi connectivity index (χ0v) is 24.5. The number of hydrogen-bond acceptors (Lipinski definition) is 6. The summed E-state index contributed by atoms with van der Waals surface area (Å²) in [5.41, 5.74) is 4.16. The SMILES string of the molecule is O=C(O)c1cc(C#Cc2ccc(OCc3c(-c4c(Cl)cccc4Cl)noc3C3CC3)cc2Cl)cc(CNC2COC2)c1. The summed E-state index contributed by atoms with van der Waals surface area (Å²) in [5, 5.41) is 18.6. The molecule has 4 aromatic rings. The fourth-order valence-electron chi connectivity index (χ4n) is 4.64. The molecule has 2 N–H and O–H groups in total. The van der Waals surface area contributed by atoms with Crippen molar-refractivity contribution in [3.05, 3.63) is 103 Å². The molecule has 10 heteroatoms. The Balaban J connectivity index is 1.20.